The Morgan fingerprint density at radius 2 is 1.75 bits per heavy atom. The molecular formula is C22H24BrN3O6. The van der Waals surface area contributed by atoms with Crippen molar-refractivity contribution < 1.29 is 28.6 Å². The number of nitrogens with one attached hydrogen (secondary N) is 2. The van der Waals surface area contributed by atoms with Gasteiger partial charge in [0.2, 0.25) is 11.8 Å². The maximum Gasteiger partial charge on any atom is 0.343 e. The van der Waals surface area contributed by atoms with Crippen LogP contribution in [0.2, 0.25) is 0 Å². The number of benzene rings is 2. The van der Waals surface area contributed by atoms with Gasteiger partial charge in [0, 0.05) is 18.5 Å². The molecule has 0 radical (unpaired) electrons. The number of rotatable bonds is 11. The second kappa shape index (κ2) is 13.1. The van der Waals surface area contributed by atoms with Crippen molar-refractivity contribution in [1.82, 2.24) is 5.43 Å². The van der Waals surface area contributed by atoms with Crippen LogP contribution in [0.15, 0.2) is 52.0 Å². The van der Waals surface area contributed by atoms with Crippen molar-refractivity contribution >= 4 is 45.6 Å². The number of esters is 1. The average Bonchev–Trinajstić information content (AvgIpc) is 2.78. The maximum atomic E-state index is 12.0. The van der Waals surface area contributed by atoms with Gasteiger partial charge in [0.1, 0.15) is 11.5 Å². The van der Waals surface area contributed by atoms with Crippen molar-refractivity contribution in [1.29, 1.82) is 0 Å². The van der Waals surface area contributed by atoms with Crippen LogP contribution in [-0.4, -0.2) is 44.3 Å². The minimum atomic E-state index is -0.488. The van der Waals surface area contributed by atoms with E-state index in [9.17, 15) is 14.4 Å². The number of hydrazone groups is 1. The van der Waals surface area contributed by atoms with Crippen molar-refractivity contribution in [2.24, 2.45) is 5.10 Å². The lowest BCUT2D eigenvalue weighted by atomic mass is 10.2. The van der Waals surface area contributed by atoms with E-state index in [0.717, 1.165) is 5.75 Å². The zero-order valence-electron chi connectivity index (χ0n) is 17.7. The number of hydrogen-bond donors (Lipinski definition) is 2. The summed E-state index contributed by atoms with van der Waals surface area (Å²) < 4.78 is 15.8. The maximum absolute atomic E-state index is 12.0. The molecule has 0 heterocycles. The molecule has 0 saturated carbocycles. The topological polar surface area (TPSA) is 115 Å². The number of anilines is 1. The number of methoxy groups -OCH3 is 1. The Morgan fingerprint density at radius 3 is 2.41 bits per heavy atom. The quantitative estimate of drug-likeness (QED) is 0.275. The summed E-state index contributed by atoms with van der Waals surface area (Å²) in [5.74, 6) is 0.0339. The summed E-state index contributed by atoms with van der Waals surface area (Å²) in [6.45, 7) is 2.26. The molecule has 0 atom stereocenters. The fourth-order valence-electron chi connectivity index (χ4n) is 2.40. The number of carbonyl (C=O) groups is 3. The molecular weight excluding hydrogens is 482 g/mol. The van der Waals surface area contributed by atoms with E-state index in [-0.39, 0.29) is 31.3 Å². The first-order valence-corrected chi connectivity index (χ1v) is 10.5. The van der Waals surface area contributed by atoms with Crippen LogP contribution >= 0.6 is 15.9 Å². The lowest BCUT2D eigenvalue weighted by Crippen LogP contribution is -2.20. The molecule has 32 heavy (non-hydrogen) atoms. The second-order valence-corrected chi connectivity index (χ2v) is 7.21. The highest BCUT2D eigenvalue weighted by atomic mass is 79.9. The standard InChI is InChI=1S/C22H24BrN3O6/c1-3-31-17-7-5-16(6-8-17)25-20(27)10-11-21(28)26-24-13-15-4-9-19(18(23)12-15)32-14-22(29)30-2/h4-9,12-13H,3,10-11,14H2,1-2H3,(H,25,27)(H,26,28). The van der Waals surface area contributed by atoms with Gasteiger partial charge in [-0.3, -0.25) is 9.59 Å². The number of hydrogen-bond acceptors (Lipinski definition) is 7. The molecule has 0 aliphatic carbocycles. The van der Waals surface area contributed by atoms with E-state index in [1.807, 2.05) is 6.92 Å². The molecule has 10 heteroatoms. The van der Waals surface area contributed by atoms with Crippen molar-refractivity contribution in [3.63, 3.8) is 0 Å². The van der Waals surface area contributed by atoms with Crippen LogP contribution in [0.3, 0.4) is 0 Å². The third kappa shape index (κ3) is 8.76. The molecule has 2 N–H and O–H groups in total. The third-order valence-electron chi connectivity index (χ3n) is 3.96. The second-order valence-electron chi connectivity index (χ2n) is 6.35. The molecule has 0 fully saturated rings. The minimum absolute atomic E-state index is 0.00972. The van der Waals surface area contributed by atoms with Gasteiger partial charge < -0.3 is 19.5 Å². The Kier molecular flexibility index (Phi) is 10.2. The molecule has 2 aromatic carbocycles. The van der Waals surface area contributed by atoms with Gasteiger partial charge in [-0.2, -0.15) is 5.10 Å². The van der Waals surface area contributed by atoms with Gasteiger partial charge in [0.05, 0.1) is 24.4 Å². The van der Waals surface area contributed by atoms with Gasteiger partial charge in [-0.1, -0.05) is 0 Å². The van der Waals surface area contributed by atoms with Crippen molar-refractivity contribution in [3.8, 4) is 11.5 Å². The molecule has 170 valence electrons. The van der Waals surface area contributed by atoms with Gasteiger partial charge in [0.25, 0.3) is 0 Å². The third-order valence-corrected chi connectivity index (χ3v) is 4.58. The first-order chi connectivity index (χ1) is 15.4. The zero-order chi connectivity index (χ0) is 23.3. The van der Waals surface area contributed by atoms with Crippen molar-refractivity contribution in [2.45, 2.75) is 19.8 Å². The molecule has 0 aromatic heterocycles. The molecule has 2 amide bonds. The molecule has 0 saturated heterocycles. The van der Waals surface area contributed by atoms with E-state index in [4.69, 9.17) is 9.47 Å². The first-order valence-electron chi connectivity index (χ1n) is 9.75. The fraction of sp³-hybridized carbons (Fsp3) is 0.273. The van der Waals surface area contributed by atoms with E-state index in [2.05, 4.69) is 36.5 Å². The largest absolute Gasteiger partial charge is 0.494 e. The summed E-state index contributed by atoms with van der Waals surface area (Å²) >= 11 is 3.34. The number of carbonyl (C=O) groups excluding carboxylic acids is 3. The van der Waals surface area contributed by atoms with E-state index in [1.54, 1.807) is 42.5 Å². The van der Waals surface area contributed by atoms with Crippen LogP contribution in [0.25, 0.3) is 0 Å². The number of halogens is 1. The predicted octanol–water partition coefficient (Wildman–Crippen LogP) is 3.27. The Bertz CT molecular complexity index is 963. The first kappa shape index (κ1) is 24.9. The van der Waals surface area contributed by atoms with E-state index < -0.39 is 5.97 Å². The van der Waals surface area contributed by atoms with Gasteiger partial charge in [-0.25, -0.2) is 10.2 Å². The molecule has 0 aliphatic heterocycles. The Morgan fingerprint density at radius 1 is 1.03 bits per heavy atom. The van der Waals surface area contributed by atoms with Crippen LogP contribution in [0.5, 0.6) is 11.5 Å². The summed E-state index contributed by atoms with van der Waals surface area (Å²) in [4.78, 5) is 35.0. The van der Waals surface area contributed by atoms with Crippen LogP contribution in [0.4, 0.5) is 5.69 Å². The van der Waals surface area contributed by atoms with Crippen LogP contribution in [-0.2, 0) is 19.1 Å². The Labute approximate surface area is 194 Å². The average molecular weight is 506 g/mol. The Hall–Kier alpha value is -3.40. The summed E-state index contributed by atoms with van der Waals surface area (Å²) in [5, 5.41) is 6.61. The monoisotopic (exact) mass is 505 g/mol. The highest BCUT2D eigenvalue weighted by molar-refractivity contribution is 9.10. The minimum Gasteiger partial charge on any atom is -0.494 e. The van der Waals surface area contributed by atoms with Gasteiger partial charge >= 0.3 is 5.97 Å². The van der Waals surface area contributed by atoms with Gasteiger partial charge in [-0.15, -0.1) is 0 Å². The molecule has 9 nitrogen and oxygen atoms in total. The summed E-state index contributed by atoms with van der Waals surface area (Å²) in [6, 6.07) is 12.1. The Balaban J connectivity index is 1.74. The smallest absolute Gasteiger partial charge is 0.343 e. The molecule has 0 bridgehead atoms. The molecule has 0 unspecified atom stereocenters. The van der Waals surface area contributed by atoms with Crippen LogP contribution in [0.1, 0.15) is 25.3 Å². The predicted molar refractivity (Wildman–Crippen MR) is 123 cm³/mol. The van der Waals surface area contributed by atoms with Crippen molar-refractivity contribution in [3.05, 3.63) is 52.5 Å². The van der Waals surface area contributed by atoms with Gasteiger partial charge in [-0.05, 0) is 70.9 Å². The summed E-state index contributed by atoms with van der Waals surface area (Å²) in [6.07, 6.45) is 1.46. The lowest BCUT2D eigenvalue weighted by Gasteiger charge is -2.07. The van der Waals surface area contributed by atoms with E-state index in [0.29, 0.717) is 28.1 Å². The SMILES string of the molecule is CCOc1ccc(NC(=O)CCC(=O)NN=Cc2ccc(OCC(=O)OC)c(Br)c2)cc1. The number of ether oxygens (including phenoxy) is 3. The normalized spacial score (nSPS) is 10.5. The van der Waals surface area contributed by atoms with E-state index in [1.165, 1.54) is 13.3 Å². The molecule has 2 rings (SSSR count). The molecule has 2 aromatic rings. The molecule has 0 spiro atoms. The fourth-order valence-corrected chi connectivity index (χ4v) is 2.91. The zero-order valence-corrected chi connectivity index (χ0v) is 19.3. The van der Waals surface area contributed by atoms with E-state index >= 15 is 0 Å². The number of nitrogens with zero attached hydrogens (tertiary/aromatic N) is 1. The molecule has 0 aliphatic rings. The highest BCUT2D eigenvalue weighted by Gasteiger charge is 2.08. The van der Waals surface area contributed by atoms with Crippen molar-refractivity contribution in [2.75, 3.05) is 25.6 Å². The summed E-state index contributed by atoms with van der Waals surface area (Å²) in [5.41, 5.74) is 3.70. The summed E-state index contributed by atoms with van der Waals surface area (Å²) in [7, 11) is 1.28. The van der Waals surface area contributed by atoms with Crippen LogP contribution in [0, 0.1) is 0 Å². The lowest BCUT2D eigenvalue weighted by molar-refractivity contribution is -0.142. The number of amides is 2. The van der Waals surface area contributed by atoms with Gasteiger partial charge in [0.15, 0.2) is 6.61 Å². The highest BCUT2D eigenvalue weighted by Crippen LogP contribution is 2.25. The van der Waals surface area contributed by atoms with Crippen LogP contribution < -0.4 is 20.2 Å².